The Hall–Kier alpha value is 0. The van der Waals surface area contributed by atoms with E-state index >= 15 is 0 Å². The fraction of sp³-hybridized carbons (Fsp3) is 1.00. The minimum Gasteiger partial charge on any atom is -0.0776 e. The van der Waals surface area contributed by atoms with Crippen molar-refractivity contribution in [3.63, 3.8) is 0 Å². The van der Waals surface area contributed by atoms with Gasteiger partial charge in [-0.25, -0.2) is 0 Å². The van der Waals surface area contributed by atoms with Crippen LogP contribution in [-0.2, 0) is 0 Å². The third-order valence-electron chi connectivity index (χ3n) is 4.58. The van der Waals surface area contributed by atoms with Crippen LogP contribution in [0.2, 0.25) is 0 Å². The van der Waals surface area contributed by atoms with E-state index in [2.05, 4.69) is 13.8 Å². The summed E-state index contributed by atoms with van der Waals surface area (Å²) in [4.78, 5) is 0. The van der Waals surface area contributed by atoms with Crippen LogP contribution in [0, 0.1) is 23.7 Å². The van der Waals surface area contributed by atoms with E-state index in [-0.39, 0.29) is 7.43 Å². The van der Waals surface area contributed by atoms with Gasteiger partial charge < -0.3 is 0 Å². The molecule has 0 aromatic heterocycles. The van der Waals surface area contributed by atoms with Crippen LogP contribution in [-0.4, -0.2) is 0 Å². The molecular formula is C14H28. The first-order valence-electron chi connectivity index (χ1n) is 6.27. The number of rotatable bonds is 1. The highest BCUT2D eigenvalue weighted by molar-refractivity contribution is 4.82. The predicted octanol–water partition coefficient (Wildman–Crippen LogP) is 4.89. The average molecular weight is 196 g/mol. The molecule has 2 aliphatic carbocycles. The Morgan fingerprint density at radius 2 is 1.29 bits per heavy atom. The third-order valence-corrected chi connectivity index (χ3v) is 4.58. The molecule has 0 heterocycles. The number of fused-ring (bicyclic) bond motifs is 1. The maximum absolute atomic E-state index is 2.41. The van der Waals surface area contributed by atoms with Gasteiger partial charge in [0.05, 0.1) is 0 Å². The molecule has 2 aliphatic rings. The fourth-order valence-corrected chi connectivity index (χ4v) is 3.54. The molecule has 2 atom stereocenters. The zero-order valence-electron chi connectivity index (χ0n) is 9.26. The molecule has 2 fully saturated rings. The van der Waals surface area contributed by atoms with Crippen molar-refractivity contribution in [1.29, 1.82) is 0 Å². The molecule has 0 saturated heterocycles. The van der Waals surface area contributed by atoms with Gasteiger partial charge in [-0.15, -0.1) is 0 Å². The van der Waals surface area contributed by atoms with E-state index in [0.29, 0.717) is 0 Å². The van der Waals surface area contributed by atoms with Crippen molar-refractivity contribution in [3.8, 4) is 0 Å². The van der Waals surface area contributed by atoms with Crippen molar-refractivity contribution < 1.29 is 0 Å². The van der Waals surface area contributed by atoms with Gasteiger partial charge in [-0.3, -0.25) is 0 Å². The quantitative estimate of drug-likeness (QED) is 0.560. The molecule has 0 spiro atoms. The minimum atomic E-state index is 0. The molecule has 0 aliphatic heterocycles. The highest BCUT2D eigenvalue weighted by Gasteiger charge is 2.31. The summed E-state index contributed by atoms with van der Waals surface area (Å²) < 4.78 is 0. The summed E-state index contributed by atoms with van der Waals surface area (Å²) in [5.74, 6) is 4.23. The Balaban J connectivity index is 0.000000980. The SMILES string of the molecule is C.CC(C)C1CCC2CCCC2CC1. The monoisotopic (exact) mass is 196 g/mol. The van der Waals surface area contributed by atoms with Gasteiger partial charge in [0.1, 0.15) is 0 Å². The molecule has 84 valence electrons. The van der Waals surface area contributed by atoms with E-state index in [0.717, 1.165) is 23.7 Å². The molecule has 0 radical (unpaired) electrons. The lowest BCUT2D eigenvalue weighted by Crippen LogP contribution is -2.07. The van der Waals surface area contributed by atoms with Gasteiger partial charge in [-0.1, -0.05) is 40.5 Å². The molecule has 2 unspecified atom stereocenters. The first-order chi connectivity index (χ1) is 6.27. The van der Waals surface area contributed by atoms with Crippen LogP contribution in [0.3, 0.4) is 0 Å². The van der Waals surface area contributed by atoms with Crippen LogP contribution in [0.4, 0.5) is 0 Å². The van der Waals surface area contributed by atoms with Gasteiger partial charge in [0, 0.05) is 0 Å². The second-order valence-electron chi connectivity index (χ2n) is 5.61. The van der Waals surface area contributed by atoms with Gasteiger partial charge in [0.25, 0.3) is 0 Å². The molecule has 0 amide bonds. The zero-order chi connectivity index (χ0) is 9.26. The average Bonchev–Trinajstić information content (AvgIpc) is 2.44. The van der Waals surface area contributed by atoms with Crippen LogP contribution in [0.25, 0.3) is 0 Å². The largest absolute Gasteiger partial charge is 0.0776 e. The lowest BCUT2D eigenvalue weighted by Gasteiger charge is -2.18. The molecule has 0 N–H and O–H groups in total. The Kier molecular flexibility index (Phi) is 4.47. The van der Waals surface area contributed by atoms with Gasteiger partial charge >= 0.3 is 0 Å². The Morgan fingerprint density at radius 1 is 0.786 bits per heavy atom. The molecule has 2 rings (SSSR count). The van der Waals surface area contributed by atoms with E-state index in [1.165, 1.54) is 19.3 Å². The zero-order valence-corrected chi connectivity index (χ0v) is 9.26. The molecule has 0 aromatic rings. The van der Waals surface area contributed by atoms with Gasteiger partial charge in [-0.2, -0.15) is 0 Å². The molecule has 0 nitrogen and oxygen atoms in total. The second-order valence-corrected chi connectivity index (χ2v) is 5.61. The third kappa shape index (κ3) is 2.52. The highest BCUT2D eigenvalue weighted by atomic mass is 14.4. The molecule has 14 heavy (non-hydrogen) atoms. The number of hydrogen-bond acceptors (Lipinski definition) is 0. The van der Waals surface area contributed by atoms with Gasteiger partial charge in [0.15, 0.2) is 0 Å². The van der Waals surface area contributed by atoms with E-state index in [4.69, 9.17) is 0 Å². The van der Waals surface area contributed by atoms with E-state index < -0.39 is 0 Å². The number of hydrogen-bond donors (Lipinski definition) is 0. The summed E-state index contributed by atoms with van der Waals surface area (Å²) >= 11 is 0. The van der Waals surface area contributed by atoms with Crippen molar-refractivity contribution in [2.24, 2.45) is 23.7 Å². The lowest BCUT2D eigenvalue weighted by molar-refractivity contribution is 0.333. The van der Waals surface area contributed by atoms with Gasteiger partial charge in [-0.05, 0) is 49.4 Å². The Morgan fingerprint density at radius 3 is 1.71 bits per heavy atom. The molecule has 0 aromatic carbocycles. The summed E-state index contributed by atoms with van der Waals surface area (Å²) in [6, 6.07) is 0. The summed E-state index contributed by atoms with van der Waals surface area (Å²) in [5.41, 5.74) is 0. The summed E-state index contributed by atoms with van der Waals surface area (Å²) in [7, 11) is 0. The van der Waals surface area contributed by atoms with Crippen molar-refractivity contribution in [3.05, 3.63) is 0 Å². The normalized spacial score (nSPS) is 37.5. The molecule has 0 heteroatoms. The lowest BCUT2D eigenvalue weighted by atomic mass is 9.88. The van der Waals surface area contributed by atoms with Crippen molar-refractivity contribution in [2.45, 2.75) is 66.2 Å². The van der Waals surface area contributed by atoms with E-state index in [1.807, 2.05) is 0 Å². The first-order valence-corrected chi connectivity index (χ1v) is 6.27. The summed E-state index contributed by atoms with van der Waals surface area (Å²) in [6.45, 7) is 4.82. The first kappa shape index (κ1) is 12.1. The maximum Gasteiger partial charge on any atom is -0.0386 e. The van der Waals surface area contributed by atoms with Crippen molar-refractivity contribution in [2.75, 3.05) is 0 Å². The Labute approximate surface area is 90.5 Å². The second kappa shape index (κ2) is 5.19. The highest BCUT2D eigenvalue weighted by Crippen LogP contribution is 2.43. The van der Waals surface area contributed by atoms with Crippen LogP contribution in [0.15, 0.2) is 0 Å². The van der Waals surface area contributed by atoms with Crippen LogP contribution in [0.1, 0.15) is 66.2 Å². The topological polar surface area (TPSA) is 0 Å². The Bertz CT molecular complexity index is 145. The predicted molar refractivity (Wildman–Crippen MR) is 64.4 cm³/mol. The van der Waals surface area contributed by atoms with Crippen LogP contribution < -0.4 is 0 Å². The standard InChI is InChI=1S/C13H24.CH4/c1-10(2)11-6-8-12-4-3-5-13(12)9-7-11;/h10-13H,3-9H2,1-2H3;1H4. The molecular weight excluding hydrogens is 168 g/mol. The fourth-order valence-electron chi connectivity index (χ4n) is 3.54. The van der Waals surface area contributed by atoms with Crippen molar-refractivity contribution >= 4 is 0 Å². The van der Waals surface area contributed by atoms with Crippen molar-refractivity contribution in [1.82, 2.24) is 0 Å². The van der Waals surface area contributed by atoms with Gasteiger partial charge in [0.2, 0.25) is 0 Å². The van der Waals surface area contributed by atoms with Crippen LogP contribution in [0.5, 0.6) is 0 Å². The maximum atomic E-state index is 2.41. The minimum absolute atomic E-state index is 0. The summed E-state index contributed by atoms with van der Waals surface area (Å²) in [6.07, 6.45) is 10.8. The smallest absolute Gasteiger partial charge is 0.0386 e. The summed E-state index contributed by atoms with van der Waals surface area (Å²) in [5, 5.41) is 0. The van der Waals surface area contributed by atoms with E-state index in [1.54, 1.807) is 25.7 Å². The molecule has 0 bridgehead atoms. The molecule has 2 saturated carbocycles. The van der Waals surface area contributed by atoms with Crippen LogP contribution >= 0.6 is 0 Å². The van der Waals surface area contributed by atoms with E-state index in [9.17, 15) is 0 Å².